The number of aliphatic hydroxyl groups excluding tert-OH is 2. The van der Waals surface area contributed by atoms with Gasteiger partial charge in [0.05, 0.1) is 25.2 Å². The molecule has 0 aromatic rings. The van der Waals surface area contributed by atoms with Gasteiger partial charge >= 0.3 is 5.97 Å². The number of amides is 1. The quantitative estimate of drug-likeness (QED) is 0.0322. The average Bonchev–Trinajstić information content (AvgIpc) is 3.25. The summed E-state index contributed by atoms with van der Waals surface area (Å²) in [6, 6.07) is -0.718. The summed E-state index contributed by atoms with van der Waals surface area (Å²) in [6.07, 6.45) is 61.2. The summed E-state index contributed by atoms with van der Waals surface area (Å²) in [5, 5.41) is 23.7. The lowest BCUT2D eigenvalue weighted by atomic mass is 10.0. The average molecular weight is 852 g/mol. The molecule has 6 nitrogen and oxygen atoms in total. The minimum Gasteiger partial charge on any atom is -0.462 e. The van der Waals surface area contributed by atoms with E-state index < -0.39 is 18.2 Å². The molecule has 0 aliphatic rings. The Bertz CT molecular complexity index is 1140. The van der Waals surface area contributed by atoms with E-state index in [4.69, 9.17) is 4.74 Å². The molecule has 6 heteroatoms. The molecular formula is C55H97NO5. The van der Waals surface area contributed by atoms with Crippen molar-refractivity contribution in [3.63, 3.8) is 0 Å². The van der Waals surface area contributed by atoms with Crippen molar-refractivity contribution in [3.05, 3.63) is 72.9 Å². The van der Waals surface area contributed by atoms with Crippen LogP contribution in [0.2, 0.25) is 0 Å². The van der Waals surface area contributed by atoms with Crippen molar-refractivity contribution in [1.29, 1.82) is 0 Å². The first-order valence-electron chi connectivity index (χ1n) is 25.7. The number of hydrogen-bond acceptors (Lipinski definition) is 5. The van der Waals surface area contributed by atoms with Crippen LogP contribution < -0.4 is 5.32 Å². The van der Waals surface area contributed by atoms with E-state index >= 15 is 0 Å². The Morgan fingerprint density at radius 3 is 1.34 bits per heavy atom. The van der Waals surface area contributed by atoms with Gasteiger partial charge in [0.25, 0.3) is 0 Å². The number of allylic oxidation sites excluding steroid dienone is 12. The molecule has 3 unspecified atom stereocenters. The first-order chi connectivity index (χ1) is 30.0. The molecule has 0 aliphatic carbocycles. The van der Waals surface area contributed by atoms with E-state index in [1.165, 1.54) is 116 Å². The third kappa shape index (κ3) is 43.7. The second-order valence-electron chi connectivity index (χ2n) is 17.2. The molecule has 0 heterocycles. The van der Waals surface area contributed by atoms with Gasteiger partial charge in [0.2, 0.25) is 5.91 Å². The lowest BCUT2D eigenvalue weighted by Crippen LogP contribution is -2.46. The number of rotatable bonds is 45. The number of unbranched alkanes of at least 4 members (excludes halogenated alkanes) is 21. The van der Waals surface area contributed by atoms with Gasteiger partial charge in [0.1, 0.15) is 6.10 Å². The molecule has 0 aromatic heterocycles. The highest BCUT2D eigenvalue weighted by molar-refractivity contribution is 5.77. The SMILES string of the molecule is CC/C=C/C/C=C/C/C=C/C/C=C/C/C=C/CCC(=O)OC(CCCCCCCCC/C=C/CCCCCCCC)CC(=O)NC(CO)C(O)CCCCCCCCCCC. The summed E-state index contributed by atoms with van der Waals surface area (Å²) in [6.45, 7) is 6.33. The molecular weight excluding hydrogens is 755 g/mol. The van der Waals surface area contributed by atoms with Crippen molar-refractivity contribution >= 4 is 11.9 Å². The molecule has 0 radical (unpaired) electrons. The van der Waals surface area contributed by atoms with Gasteiger partial charge < -0.3 is 20.3 Å². The Balaban J connectivity index is 4.70. The van der Waals surface area contributed by atoms with Crippen LogP contribution in [0.4, 0.5) is 0 Å². The molecule has 0 aliphatic heterocycles. The number of aliphatic hydroxyl groups is 2. The van der Waals surface area contributed by atoms with Crippen LogP contribution >= 0.6 is 0 Å². The molecule has 0 aromatic carbocycles. The van der Waals surface area contributed by atoms with E-state index in [1.54, 1.807) is 0 Å². The molecule has 0 bridgehead atoms. The zero-order valence-electron chi connectivity index (χ0n) is 40.0. The summed E-state index contributed by atoms with van der Waals surface area (Å²) < 4.78 is 5.89. The standard InChI is InChI=1S/C55H97NO5/c1-4-7-10-13-16-19-21-23-25-27-28-30-32-35-37-40-43-46-51(49-54(59)56-52(50-57)53(58)47-44-41-38-34-18-15-12-9-6-3)61-55(60)48-45-42-39-36-33-31-29-26-24-22-20-17-14-11-8-5-2/h8,11,17,20,23-26,31,33,39,42,51-53,57-58H,4-7,9-10,12-16,18-19,21-22,27-30,32,34-38,40-41,43-50H2,1-3H3,(H,56,59)/b11-8+,20-17+,25-23+,26-24+,33-31+,42-39+. The summed E-state index contributed by atoms with van der Waals surface area (Å²) in [7, 11) is 0. The van der Waals surface area contributed by atoms with Gasteiger partial charge in [-0.15, -0.1) is 0 Å². The molecule has 0 spiro atoms. The van der Waals surface area contributed by atoms with Crippen LogP contribution in [0, 0.1) is 0 Å². The second kappa shape index (κ2) is 48.3. The third-order valence-corrected chi connectivity index (χ3v) is 11.3. The highest BCUT2D eigenvalue weighted by atomic mass is 16.5. The highest BCUT2D eigenvalue weighted by Crippen LogP contribution is 2.17. The van der Waals surface area contributed by atoms with Gasteiger partial charge in [0, 0.05) is 6.42 Å². The van der Waals surface area contributed by atoms with Gasteiger partial charge in [-0.25, -0.2) is 0 Å². The van der Waals surface area contributed by atoms with Crippen LogP contribution in [-0.4, -0.2) is 46.9 Å². The van der Waals surface area contributed by atoms with Crippen molar-refractivity contribution in [3.8, 4) is 0 Å². The molecule has 0 fully saturated rings. The fourth-order valence-electron chi connectivity index (χ4n) is 7.41. The number of esters is 1. The number of ether oxygens (including phenoxy) is 1. The molecule has 0 saturated carbocycles. The van der Waals surface area contributed by atoms with Crippen molar-refractivity contribution in [2.75, 3.05) is 6.61 Å². The van der Waals surface area contributed by atoms with Crippen LogP contribution in [0.1, 0.15) is 239 Å². The lowest BCUT2D eigenvalue weighted by Gasteiger charge is -2.24. The molecule has 0 rings (SSSR count). The summed E-state index contributed by atoms with van der Waals surface area (Å²) >= 11 is 0. The minimum absolute atomic E-state index is 0.0427. The van der Waals surface area contributed by atoms with Gasteiger partial charge in [-0.3, -0.25) is 9.59 Å². The van der Waals surface area contributed by atoms with Gasteiger partial charge in [-0.2, -0.15) is 0 Å². The fourth-order valence-corrected chi connectivity index (χ4v) is 7.41. The topological polar surface area (TPSA) is 95.9 Å². The van der Waals surface area contributed by atoms with Crippen LogP contribution in [0.3, 0.4) is 0 Å². The largest absolute Gasteiger partial charge is 0.462 e. The number of carbonyl (C=O) groups is 2. The van der Waals surface area contributed by atoms with Gasteiger partial charge in [-0.05, 0) is 83.5 Å². The van der Waals surface area contributed by atoms with E-state index in [0.29, 0.717) is 19.3 Å². The third-order valence-electron chi connectivity index (χ3n) is 11.3. The van der Waals surface area contributed by atoms with E-state index in [9.17, 15) is 19.8 Å². The van der Waals surface area contributed by atoms with Gasteiger partial charge in [0.15, 0.2) is 0 Å². The Labute approximate surface area is 377 Å². The van der Waals surface area contributed by atoms with Gasteiger partial charge in [-0.1, -0.05) is 216 Å². The normalized spacial score (nSPS) is 13.9. The summed E-state index contributed by atoms with van der Waals surface area (Å²) in [5.41, 5.74) is 0. The predicted octanol–water partition coefficient (Wildman–Crippen LogP) is 15.4. The van der Waals surface area contributed by atoms with E-state index in [2.05, 4.69) is 92.9 Å². The first kappa shape index (κ1) is 58.3. The van der Waals surface area contributed by atoms with E-state index in [0.717, 1.165) is 70.6 Å². The maximum atomic E-state index is 13.2. The maximum absolute atomic E-state index is 13.2. The fraction of sp³-hybridized carbons (Fsp3) is 0.745. The highest BCUT2D eigenvalue weighted by Gasteiger charge is 2.24. The monoisotopic (exact) mass is 852 g/mol. The second-order valence-corrected chi connectivity index (χ2v) is 17.2. The number of nitrogens with one attached hydrogen (secondary N) is 1. The molecule has 3 atom stereocenters. The smallest absolute Gasteiger partial charge is 0.306 e. The Morgan fingerprint density at radius 2 is 0.885 bits per heavy atom. The minimum atomic E-state index is -0.802. The molecule has 352 valence electrons. The van der Waals surface area contributed by atoms with Crippen LogP contribution in [0.25, 0.3) is 0 Å². The summed E-state index contributed by atoms with van der Waals surface area (Å²) in [4.78, 5) is 26.1. The Kier molecular flexibility index (Phi) is 46.2. The Morgan fingerprint density at radius 1 is 0.492 bits per heavy atom. The van der Waals surface area contributed by atoms with Crippen molar-refractivity contribution in [2.24, 2.45) is 0 Å². The summed E-state index contributed by atoms with van der Waals surface area (Å²) in [5.74, 6) is -0.578. The maximum Gasteiger partial charge on any atom is 0.306 e. The van der Waals surface area contributed by atoms with Crippen molar-refractivity contribution in [2.45, 2.75) is 257 Å². The molecule has 1 amide bonds. The lowest BCUT2D eigenvalue weighted by molar-refractivity contribution is -0.150. The number of carbonyl (C=O) groups excluding carboxylic acids is 2. The number of hydrogen-bond donors (Lipinski definition) is 3. The van der Waals surface area contributed by atoms with Crippen LogP contribution in [0.15, 0.2) is 72.9 Å². The molecule has 0 saturated heterocycles. The first-order valence-corrected chi connectivity index (χ1v) is 25.7. The van der Waals surface area contributed by atoms with Crippen molar-refractivity contribution < 1.29 is 24.5 Å². The van der Waals surface area contributed by atoms with E-state index in [1.807, 2.05) is 6.08 Å². The van der Waals surface area contributed by atoms with Crippen LogP contribution in [0.5, 0.6) is 0 Å². The van der Waals surface area contributed by atoms with E-state index in [-0.39, 0.29) is 31.3 Å². The Hall–Kier alpha value is -2.70. The zero-order valence-corrected chi connectivity index (χ0v) is 40.0. The molecule has 61 heavy (non-hydrogen) atoms. The zero-order chi connectivity index (χ0) is 44.5. The van der Waals surface area contributed by atoms with Crippen LogP contribution in [-0.2, 0) is 14.3 Å². The van der Waals surface area contributed by atoms with Crippen molar-refractivity contribution in [1.82, 2.24) is 5.32 Å². The molecule has 3 N–H and O–H groups in total. The predicted molar refractivity (Wildman–Crippen MR) is 264 cm³/mol.